The van der Waals surface area contributed by atoms with E-state index in [1.807, 2.05) is 31.2 Å². The Morgan fingerprint density at radius 2 is 1.71 bits per heavy atom. The molecule has 126 valence electrons. The van der Waals surface area contributed by atoms with Crippen LogP contribution in [0.3, 0.4) is 0 Å². The molecule has 0 aromatic heterocycles. The van der Waals surface area contributed by atoms with E-state index in [0.29, 0.717) is 0 Å². The third-order valence-electron chi connectivity index (χ3n) is 3.32. The fraction of sp³-hybridized carbons (Fsp3) is 0.235. The van der Waals surface area contributed by atoms with Gasteiger partial charge in [0.1, 0.15) is 0 Å². The van der Waals surface area contributed by atoms with Gasteiger partial charge in [0.05, 0.1) is 11.3 Å². The minimum Gasteiger partial charge on any atom is -0.302 e. The summed E-state index contributed by atoms with van der Waals surface area (Å²) in [7, 11) is 0. The summed E-state index contributed by atoms with van der Waals surface area (Å²) in [6.07, 6.45) is -0.506. The van der Waals surface area contributed by atoms with E-state index in [9.17, 15) is 14.9 Å². The molecule has 7 nitrogen and oxygen atoms in total. The van der Waals surface area contributed by atoms with E-state index in [-0.39, 0.29) is 18.5 Å². The predicted molar refractivity (Wildman–Crippen MR) is 86.8 cm³/mol. The zero-order valence-electron chi connectivity index (χ0n) is 13.2. The van der Waals surface area contributed by atoms with Crippen LogP contribution in [0.1, 0.15) is 16.7 Å². The standard InChI is InChI=1S/C17H18N2O5/c1-12-2-4-14(5-3-12)11-17(20)24-23-16(18)10-13-6-8-15(9-7-13)19(21)22/h2-9,16H,10-11,18H2,1H3/t16-/m0/s1. The Morgan fingerprint density at radius 1 is 1.12 bits per heavy atom. The molecule has 0 aliphatic carbocycles. The van der Waals surface area contributed by atoms with Gasteiger partial charge in [-0.15, -0.1) is 0 Å². The molecule has 2 aromatic carbocycles. The molecule has 0 unspecified atom stereocenters. The largest absolute Gasteiger partial charge is 0.346 e. The van der Waals surface area contributed by atoms with Gasteiger partial charge in [0.2, 0.25) is 0 Å². The summed E-state index contributed by atoms with van der Waals surface area (Å²) < 4.78 is 0. The van der Waals surface area contributed by atoms with Crippen LogP contribution in [-0.4, -0.2) is 17.1 Å². The van der Waals surface area contributed by atoms with E-state index < -0.39 is 17.1 Å². The molecule has 0 heterocycles. The second-order valence-electron chi connectivity index (χ2n) is 5.38. The molecule has 2 aromatic rings. The van der Waals surface area contributed by atoms with Gasteiger partial charge in [-0.05, 0) is 18.1 Å². The minimum atomic E-state index is -0.853. The molecule has 0 saturated heterocycles. The molecule has 1 atom stereocenters. The van der Waals surface area contributed by atoms with Crippen LogP contribution in [-0.2, 0) is 27.4 Å². The maximum Gasteiger partial charge on any atom is 0.346 e. The minimum absolute atomic E-state index is 0.00207. The van der Waals surface area contributed by atoms with E-state index in [2.05, 4.69) is 0 Å². The third kappa shape index (κ3) is 5.45. The first-order valence-corrected chi connectivity index (χ1v) is 7.34. The predicted octanol–water partition coefficient (Wildman–Crippen LogP) is 2.45. The fourth-order valence-corrected chi connectivity index (χ4v) is 2.04. The first kappa shape index (κ1) is 17.6. The van der Waals surface area contributed by atoms with Crippen molar-refractivity contribution in [3.05, 3.63) is 75.3 Å². The maximum absolute atomic E-state index is 11.7. The molecule has 0 aliphatic heterocycles. The highest BCUT2D eigenvalue weighted by Gasteiger charge is 2.12. The molecule has 7 heteroatoms. The molecular formula is C17H18N2O5. The molecule has 0 aliphatic rings. The molecule has 2 rings (SSSR count). The molecule has 0 bridgehead atoms. The van der Waals surface area contributed by atoms with Gasteiger partial charge in [-0.25, -0.2) is 4.79 Å². The van der Waals surface area contributed by atoms with Crippen LogP contribution < -0.4 is 5.73 Å². The highest BCUT2D eigenvalue weighted by molar-refractivity contribution is 5.71. The average molecular weight is 330 g/mol. The van der Waals surface area contributed by atoms with Crippen molar-refractivity contribution in [3.63, 3.8) is 0 Å². The van der Waals surface area contributed by atoms with Gasteiger partial charge in [-0.2, -0.15) is 4.89 Å². The molecule has 24 heavy (non-hydrogen) atoms. The van der Waals surface area contributed by atoms with Crippen molar-refractivity contribution in [2.24, 2.45) is 5.73 Å². The summed E-state index contributed by atoms with van der Waals surface area (Å²) in [4.78, 5) is 31.4. The molecule has 0 spiro atoms. The first-order valence-electron chi connectivity index (χ1n) is 7.34. The van der Waals surface area contributed by atoms with Gasteiger partial charge in [0.25, 0.3) is 5.69 Å². The van der Waals surface area contributed by atoms with Crippen LogP contribution in [0.2, 0.25) is 0 Å². The van der Waals surface area contributed by atoms with Crippen LogP contribution in [0.4, 0.5) is 5.69 Å². The van der Waals surface area contributed by atoms with E-state index in [0.717, 1.165) is 16.7 Å². The van der Waals surface area contributed by atoms with Crippen LogP contribution in [0.25, 0.3) is 0 Å². The fourth-order valence-electron chi connectivity index (χ4n) is 2.04. The van der Waals surface area contributed by atoms with Crippen molar-refractivity contribution in [3.8, 4) is 0 Å². The highest BCUT2D eigenvalue weighted by Crippen LogP contribution is 2.13. The van der Waals surface area contributed by atoms with Crippen molar-refractivity contribution in [2.75, 3.05) is 0 Å². The molecular weight excluding hydrogens is 312 g/mol. The first-order chi connectivity index (χ1) is 11.4. The van der Waals surface area contributed by atoms with Crippen LogP contribution in [0.15, 0.2) is 48.5 Å². The number of benzene rings is 2. The van der Waals surface area contributed by atoms with Gasteiger partial charge in [0, 0.05) is 18.6 Å². The number of non-ortho nitro benzene ring substituents is 1. The van der Waals surface area contributed by atoms with Crippen molar-refractivity contribution in [2.45, 2.75) is 26.0 Å². The number of hydrogen-bond acceptors (Lipinski definition) is 6. The third-order valence-corrected chi connectivity index (χ3v) is 3.32. The maximum atomic E-state index is 11.7. The zero-order valence-corrected chi connectivity index (χ0v) is 13.2. The van der Waals surface area contributed by atoms with E-state index in [4.69, 9.17) is 15.5 Å². The SMILES string of the molecule is Cc1ccc(CC(=O)OO[C@H](N)Cc2ccc([N+](=O)[O-])cc2)cc1. The number of nitrogens with two attached hydrogens (primary N) is 1. The number of aryl methyl sites for hydroxylation is 1. The van der Waals surface area contributed by atoms with E-state index in [1.165, 1.54) is 12.1 Å². The summed E-state index contributed by atoms with van der Waals surface area (Å²) in [6.45, 7) is 1.96. The molecule has 2 N–H and O–H groups in total. The van der Waals surface area contributed by atoms with Gasteiger partial charge >= 0.3 is 5.97 Å². The smallest absolute Gasteiger partial charge is 0.302 e. The second kappa shape index (κ2) is 8.19. The van der Waals surface area contributed by atoms with Gasteiger partial charge < -0.3 is 5.73 Å². The normalized spacial score (nSPS) is 11.8. The van der Waals surface area contributed by atoms with E-state index in [1.54, 1.807) is 12.1 Å². The van der Waals surface area contributed by atoms with Crippen molar-refractivity contribution < 1.29 is 19.5 Å². The zero-order chi connectivity index (χ0) is 17.5. The number of carbonyl (C=O) groups is 1. The van der Waals surface area contributed by atoms with Crippen molar-refractivity contribution in [1.29, 1.82) is 0 Å². The molecule has 0 radical (unpaired) electrons. The van der Waals surface area contributed by atoms with Crippen LogP contribution >= 0.6 is 0 Å². The Morgan fingerprint density at radius 3 is 2.29 bits per heavy atom. The topological polar surface area (TPSA) is 105 Å². The number of hydrogen-bond donors (Lipinski definition) is 1. The number of rotatable bonds is 7. The Labute approximate surface area is 139 Å². The summed E-state index contributed by atoms with van der Waals surface area (Å²) in [5.74, 6) is -0.544. The van der Waals surface area contributed by atoms with Gasteiger partial charge in [0.15, 0.2) is 6.23 Å². The van der Waals surface area contributed by atoms with Crippen LogP contribution in [0, 0.1) is 17.0 Å². The number of nitro benzene ring substituents is 1. The average Bonchev–Trinajstić information content (AvgIpc) is 2.55. The molecule has 0 fully saturated rings. The highest BCUT2D eigenvalue weighted by atomic mass is 17.2. The molecule has 0 amide bonds. The summed E-state index contributed by atoms with van der Waals surface area (Å²) >= 11 is 0. The van der Waals surface area contributed by atoms with E-state index >= 15 is 0 Å². The van der Waals surface area contributed by atoms with Gasteiger partial charge in [-0.1, -0.05) is 42.0 Å². The van der Waals surface area contributed by atoms with Crippen molar-refractivity contribution in [1.82, 2.24) is 0 Å². The lowest BCUT2D eigenvalue weighted by Crippen LogP contribution is -2.28. The second-order valence-corrected chi connectivity index (χ2v) is 5.38. The van der Waals surface area contributed by atoms with Gasteiger partial charge in [-0.3, -0.25) is 15.0 Å². The van der Waals surface area contributed by atoms with Crippen LogP contribution in [0.5, 0.6) is 0 Å². The Balaban J connectivity index is 1.77. The summed E-state index contributed by atoms with van der Waals surface area (Å²) in [5.41, 5.74) is 8.39. The molecule has 0 saturated carbocycles. The Hall–Kier alpha value is -2.77. The summed E-state index contributed by atoms with van der Waals surface area (Å²) in [6, 6.07) is 13.4. The number of nitrogens with zero attached hydrogens (tertiary/aromatic N) is 1. The number of nitro groups is 1. The summed E-state index contributed by atoms with van der Waals surface area (Å²) in [5, 5.41) is 10.6. The lowest BCUT2D eigenvalue weighted by molar-refractivity contribution is -0.384. The quantitative estimate of drug-likeness (QED) is 0.362. The Kier molecular flexibility index (Phi) is 6.00. The lowest BCUT2D eigenvalue weighted by atomic mass is 10.1. The lowest BCUT2D eigenvalue weighted by Gasteiger charge is -2.11. The monoisotopic (exact) mass is 330 g/mol. The van der Waals surface area contributed by atoms with Crippen molar-refractivity contribution >= 4 is 11.7 Å². The number of carbonyl (C=O) groups excluding carboxylic acids is 1. The Bertz CT molecular complexity index is 698.